The van der Waals surface area contributed by atoms with E-state index in [-0.39, 0.29) is 11.5 Å². The molecule has 138 valence electrons. The van der Waals surface area contributed by atoms with E-state index < -0.39 is 0 Å². The SMILES string of the molecule is CC.Cc1nc2c(N3CCOCC3)nc(Cl)nc2n1C1CCCCO1. The molecule has 2 aromatic rings. The van der Waals surface area contributed by atoms with Crippen LogP contribution in [-0.2, 0) is 9.47 Å². The van der Waals surface area contributed by atoms with Gasteiger partial charge in [-0.2, -0.15) is 9.97 Å². The predicted octanol–water partition coefficient (Wildman–Crippen LogP) is 3.35. The molecule has 0 amide bonds. The normalized spacial score (nSPS) is 21.1. The monoisotopic (exact) mass is 367 g/mol. The average Bonchev–Trinajstić information content (AvgIpc) is 3.00. The first kappa shape index (κ1) is 18.4. The van der Waals surface area contributed by atoms with Crippen LogP contribution in [0.2, 0.25) is 5.28 Å². The molecule has 0 N–H and O–H groups in total. The van der Waals surface area contributed by atoms with Crippen molar-refractivity contribution in [1.82, 2.24) is 19.5 Å². The van der Waals surface area contributed by atoms with Gasteiger partial charge in [-0.25, -0.2) is 4.98 Å². The number of nitrogens with zero attached hydrogens (tertiary/aromatic N) is 5. The molecular formula is C17H26ClN5O2. The van der Waals surface area contributed by atoms with Crippen LogP contribution in [-0.4, -0.2) is 52.4 Å². The van der Waals surface area contributed by atoms with Crippen molar-refractivity contribution in [1.29, 1.82) is 0 Å². The van der Waals surface area contributed by atoms with Crippen LogP contribution in [0, 0.1) is 6.92 Å². The maximum Gasteiger partial charge on any atom is 0.226 e. The number of hydrogen-bond donors (Lipinski definition) is 0. The third-order valence-corrected chi connectivity index (χ3v) is 4.59. The molecule has 2 saturated heterocycles. The number of anilines is 1. The van der Waals surface area contributed by atoms with Crippen molar-refractivity contribution in [2.75, 3.05) is 37.8 Å². The minimum absolute atomic E-state index is 0.0164. The molecular weight excluding hydrogens is 342 g/mol. The fraction of sp³-hybridized carbons (Fsp3) is 0.706. The average molecular weight is 368 g/mol. The smallest absolute Gasteiger partial charge is 0.226 e. The van der Waals surface area contributed by atoms with E-state index in [0.717, 1.165) is 61.8 Å². The van der Waals surface area contributed by atoms with Gasteiger partial charge in [0.15, 0.2) is 17.0 Å². The van der Waals surface area contributed by atoms with E-state index >= 15 is 0 Å². The number of imidazole rings is 1. The fourth-order valence-corrected chi connectivity index (χ4v) is 3.47. The minimum Gasteiger partial charge on any atom is -0.378 e. The molecule has 0 spiro atoms. The highest BCUT2D eigenvalue weighted by Gasteiger charge is 2.25. The van der Waals surface area contributed by atoms with Crippen LogP contribution >= 0.6 is 11.6 Å². The molecule has 1 atom stereocenters. The van der Waals surface area contributed by atoms with Gasteiger partial charge < -0.3 is 14.4 Å². The lowest BCUT2D eigenvalue weighted by Crippen LogP contribution is -2.37. The first-order valence-corrected chi connectivity index (χ1v) is 9.48. The van der Waals surface area contributed by atoms with Gasteiger partial charge in [0.05, 0.1) is 13.2 Å². The molecule has 1 unspecified atom stereocenters. The summed E-state index contributed by atoms with van der Waals surface area (Å²) in [5, 5.41) is 0.246. The minimum atomic E-state index is -0.0164. The van der Waals surface area contributed by atoms with Crippen molar-refractivity contribution in [3.63, 3.8) is 0 Å². The van der Waals surface area contributed by atoms with Gasteiger partial charge in [0.25, 0.3) is 0 Å². The van der Waals surface area contributed by atoms with Crippen molar-refractivity contribution in [2.24, 2.45) is 0 Å². The van der Waals surface area contributed by atoms with Gasteiger partial charge in [0, 0.05) is 19.7 Å². The van der Waals surface area contributed by atoms with E-state index in [1.807, 2.05) is 20.8 Å². The van der Waals surface area contributed by atoms with E-state index in [0.29, 0.717) is 13.2 Å². The van der Waals surface area contributed by atoms with Gasteiger partial charge >= 0.3 is 0 Å². The molecule has 0 radical (unpaired) electrons. The maximum atomic E-state index is 6.20. The van der Waals surface area contributed by atoms with Crippen molar-refractivity contribution >= 4 is 28.6 Å². The molecule has 25 heavy (non-hydrogen) atoms. The van der Waals surface area contributed by atoms with Crippen molar-refractivity contribution in [2.45, 2.75) is 46.3 Å². The molecule has 2 fully saturated rings. The van der Waals surface area contributed by atoms with Gasteiger partial charge in [-0.1, -0.05) is 13.8 Å². The lowest BCUT2D eigenvalue weighted by Gasteiger charge is -2.28. The zero-order valence-electron chi connectivity index (χ0n) is 15.2. The first-order valence-electron chi connectivity index (χ1n) is 9.10. The Morgan fingerprint density at radius 2 is 1.80 bits per heavy atom. The highest BCUT2D eigenvalue weighted by atomic mass is 35.5. The summed E-state index contributed by atoms with van der Waals surface area (Å²) in [6.45, 7) is 9.71. The van der Waals surface area contributed by atoms with E-state index in [9.17, 15) is 0 Å². The Balaban J connectivity index is 0.000000880. The Morgan fingerprint density at radius 3 is 2.48 bits per heavy atom. The zero-order valence-corrected chi connectivity index (χ0v) is 15.9. The quantitative estimate of drug-likeness (QED) is 0.758. The Kier molecular flexibility index (Phi) is 6.09. The second-order valence-corrected chi connectivity index (χ2v) is 6.28. The van der Waals surface area contributed by atoms with Gasteiger partial charge in [0.2, 0.25) is 5.28 Å². The maximum absolute atomic E-state index is 6.20. The third kappa shape index (κ3) is 3.73. The standard InChI is InChI=1S/C15H20ClN5O2.C2H6/c1-10-17-12-13(20-5-8-22-9-6-20)18-15(16)19-14(12)21(10)11-4-2-3-7-23-11;1-2/h11H,2-9H2,1H3;1-2H3. The van der Waals surface area contributed by atoms with Crippen LogP contribution < -0.4 is 4.90 Å². The molecule has 4 rings (SSSR count). The van der Waals surface area contributed by atoms with E-state index in [1.165, 1.54) is 0 Å². The summed E-state index contributed by atoms with van der Waals surface area (Å²) < 4.78 is 13.4. The van der Waals surface area contributed by atoms with Crippen molar-refractivity contribution in [3.8, 4) is 0 Å². The topological polar surface area (TPSA) is 65.3 Å². The summed E-state index contributed by atoms with van der Waals surface area (Å²) in [5.74, 6) is 1.68. The summed E-state index contributed by atoms with van der Waals surface area (Å²) in [7, 11) is 0. The highest BCUT2D eigenvalue weighted by molar-refractivity contribution is 6.28. The second-order valence-electron chi connectivity index (χ2n) is 5.94. The molecule has 8 heteroatoms. The first-order chi connectivity index (χ1) is 12.2. The summed E-state index contributed by atoms with van der Waals surface area (Å²) in [6.07, 6.45) is 3.22. The fourth-order valence-electron chi connectivity index (χ4n) is 3.31. The lowest BCUT2D eigenvalue weighted by molar-refractivity contribution is -0.0309. The Bertz CT molecular complexity index is 709. The molecule has 4 heterocycles. The number of morpholine rings is 1. The summed E-state index contributed by atoms with van der Waals surface area (Å²) in [5.41, 5.74) is 1.55. The number of aromatic nitrogens is 4. The molecule has 0 aliphatic carbocycles. The summed E-state index contributed by atoms with van der Waals surface area (Å²) in [4.78, 5) is 15.8. The second kappa shape index (κ2) is 8.29. The molecule has 0 saturated carbocycles. The van der Waals surface area contributed by atoms with Crippen LogP contribution in [0.3, 0.4) is 0 Å². The van der Waals surface area contributed by atoms with E-state index in [4.69, 9.17) is 26.1 Å². The van der Waals surface area contributed by atoms with E-state index in [2.05, 4.69) is 19.4 Å². The van der Waals surface area contributed by atoms with Gasteiger partial charge in [-0.3, -0.25) is 4.57 Å². The Morgan fingerprint density at radius 1 is 1.04 bits per heavy atom. The Labute approximate surface area is 153 Å². The summed E-state index contributed by atoms with van der Waals surface area (Å²) in [6, 6.07) is 0. The number of rotatable bonds is 2. The van der Waals surface area contributed by atoms with Gasteiger partial charge in [-0.05, 0) is 37.8 Å². The summed E-state index contributed by atoms with van der Waals surface area (Å²) >= 11 is 6.20. The third-order valence-electron chi connectivity index (χ3n) is 4.42. The highest BCUT2D eigenvalue weighted by Crippen LogP contribution is 2.32. The van der Waals surface area contributed by atoms with E-state index in [1.54, 1.807) is 0 Å². The van der Waals surface area contributed by atoms with Crippen LogP contribution in [0.5, 0.6) is 0 Å². The number of aryl methyl sites for hydroxylation is 1. The molecule has 2 aromatic heterocycles. The number of ether oxygens (including phenoxy) is 2. The molecule has 0 bridgehead atoms. The molecule has 2 aliphatic rings. The van der Waals surface area contributed by atoms with Gasteiger partial charge in [0.1, 0.15) is 12.1 Å². The number of fused-ring (bicyclic) bond motifs is 1. The molecule has 2 aliphatic heterocycles. The largest absolute Gasteiger partial charge is 0.378 e. The van der Waals surface area contributed by atoms with Gasteiger partial charge in [-0.15, -0.1) is 0 Å². The lowest BCUT2D eigenvalue weighted by atomic mass is 10.2. The van der Waals surface area contributed by atoms with Crippen molar-refractivity contribution < 1.29 is 9.47 Å². The zero-order chi connectivity index (χ0) is 17.8. The van der Waals surface area contributed by atoms with Crippen LogP contribution in [0.1, 0.15) is 45.2 Å². The van der Waals surface area contributed by atoms with Crippen molar-refractivity contribution in [3.05, 3.63) is 11.1 Å². The van der Waals surface area contributed by atoms with Crippen LogP contribution in [0.25, 0.3) is 11.2 Å². The molecule has 0 aromatic carbocycles. The predicted molar refractivity (Wildman–Crippen MR) is 98.3 cm³/mol. The van der Waals surface area contributed by atoms with Crippen LogP contribution in [0.4, 0.5) is 5.82 Å². The number of hydrogen-bond acceptors (Lipinski definition) is 6. The molecule has 7 nitrogen and oxygen atoms in total. The Hall–Kier alpha value is -1.44. The van der Waals surface area contributed by atoms with Crippen LogP contribution in [0.15, 0.2) is 0 Å². The number of halogens is 1.